The van der Waals surface area contributed by atoms with Crippen LogP contribution in [0.2, 0.25) is 0 Å². The van der Waals surface area contributed by atoms with E-state index in [-0.39, 0.29) is 5.91 Å². The second-order valence-corrected chi connectivity index (χ2v) is 5.82. The standard InChI is InChI=1S/C15H14N2OS2/c1-19-12-6-4-11(5-7-12)17-15(18)14-9-8-13(20-14)3-2-10-16/h4-9H,10,16H2,1H3,(H,17,18). The van der Waals surface area contributed by atoms with Crippen LogP contribution in [0.1, 0.15) is 14.5 Å². The van der Waals surface area contributed by atoms with Gasteiger partial charge in [0.15, 0.2) is 0 Å². The summed E-state index contributed by atoms with van der Waals surface area (Å²) >= 11 is 3.03. The number of carbonyl (C=O) groups excluding carboxylic acids is 1. The van der Waals surface area contributed by atoms with Gasteiger partial charge in [0.05, 0.1) is 16.3 Å². The Bertz CT molecular complexity index is 651. The van der Waals surface area contributed by atoms with Crippen molar-refractivity contribution in [3.8, 4) is 11.8 Å². The first-order chi connectivity index (χ1) is 9.72. The highest BCUT2D eigenvalue weighted by atomic mass is 32.2. The molecular weight excluding hydrogens is 288 g/mol. The Labute approximate surface area is 126 Å². The lowest BCUT2D eigenvalue weighted by molar-refractivity contribution is 0.103. The highest BCUT2D eigenvalue weighted by Crippen LogP contribution is 2.20. The maximum atomic E-state index is 12.1. The third-order valence-electron chi connectivity index (χ3n) is 2.49. The molecule has 0 saturated carbocycles. The topological polar surface area (TPSA) is 55.1 Å². The average Bonchev–Trinajstić information content (AvgIpc) is 2.95. The number of anilines is 1. The molecule has 2 rings (SSSR count). The van der Waals surface area contributed by atoms with E-state index in [0.717, 1.165) is 10.6 Å². The maximum Gasteiger partial charge on any atom is 0.265 e. The lowest BCUT2D eigenvalue weighted by Crippen LogP contribution is -2.09. The first kappa shape index (κ1) is 14.7. The number of rotatable bonds is 3. The molecule has 0 bridgehead atoms. The predicted molar refractivity (Wildman–Crippen MR) is 86.4 cm³/mol. The van der Waals surface area contributed by atoms with Crippen molar-refractivity contribution in [2.24, 2.45) is 5.73 Å². The van der Waals surface area contributed by atoms with Crippen molar-refractivity contribution in [2.75, 3.05) is 18.1 Å². The first-order valence-electron chi connectivity index (χ1n) is 5.97. The molecule has 0 fully saturated rings. The number of nitrogens with one attached hydrogen (secondary N) is 1. The lowest BCUT2D eigenvalue weighted by atomic mass is 10.3. The van der Waals surface area contributed by atoms with Gasteiger partial charge in [-0.1, -0.05) is 11.8 Å². The van der Waals surface area contributed by atoms with E-state index in [9.17, 15) is 4.79 Å². The Morgan fingerprint density at radius 3 is 2.70 bits per heavy atom. The molecule has 0 atom stereocenters. The fourth-order valence-electron chi connectivity index (χ4n) is 1.53. The number of thioether (sulfide) groups is 1. The van der Waals surface area contributed by atoms with Crippen LogP contribution in [0, 0.1) is 11.8 Å². The summed E-state index contributed by atoms with van der Waals surface area (Å²) in [6.07, 6.45) is 2.02. The number of thiophene rings is 1. The molecule has 0 spiro atoms. The molecule has 0 unspecified atom stereocenters. The predicted octanol–water partition coefficient (Wildman–Crippen LogP) is 3.03. The normalized spacial score (nSPS) is 9.70. The van der Waals surface area contributed by atoms with Gasteiger partial charge in [0.2, 0.25) is 0 Å². The van der Waals surface area contributed by atoms with Gasteiger partial charge < -0.3 is 11.1 Å². The number of hydrogen-bond acceptors (Lipinski definition) is 4. The van der Waals surface area contributed by atoms with Crippen LogP contribution < -0.4 is 11.1 Å². The molecule has 20 heavy (non-hydrogen) atoms. The zero-order valence-corrected chi connectivity index (χ0v) is 12.6. The van der Waals surface area contributed by atoms with Crippen molar-refractivity contribution in [2.45, 2.75) is 4.90 Å². The summed E-state index contributed by atoms with van der Waals surface area (Å²) in [5.41, 5.74) is 6.11. The van der Waals surface area contributed by atoms with E-state index >= 15 is 0 Å². The summed E-state index contributed by atoms with van der Waals surface area (Å²) in [4.78, 5) is 14.7. The summed E-state index contributed by atoms with van der Waals surface area (Å²) in [5, 5.41) is 2.87. The fourth-order valence-corrected chi connectivity index (χ4v) is 2.72. The van der Waals surface area contributed by atoms with E-state index in [1.807, 2.05) is 36.6 Å². The van der Waals surface area contributed by atoms with Crippen LogP contribution in [-0.2, 0) is 0 Å². The van der Waals surface area contributed by atoms with E-state index in [1.54, 1.807) is 17.8 Å². The molecular formula is C15H14N2OS2. The molecule has 0 radical (unpaired) electrons. The Morgan fingerprint density at radius 2 is 2.05 bits per heavy atom. The largest absolute Gasteiger partial charge is 0.321 e. The van der Waals surface area contributed by atoms with Gasteiger partial charge in [0.1, 0.15) is 0 Å². The third-order valence-corrected chi connectivity index (χ3v) is 4.23. The second kappa shape index (κ2) is 7.15. The Balaban J connectivity index is 2.05. The number of hydrogen-bond donors (Lipinski definition) is 2. The smallest absolute Gasteiger partial charge is 0.265 e. The van der Waals surface area contributed by atoms with Crippen LogP contribution >= 0.6 is 23.1 Å². The molecule has 1 aromatic heterocycles. The quantitative estimate of drug-likeness (QED) is 0.677. The van der Waals surface area contributed by atoms with Crippen molar-refractivity contribution in [1.82, 2.24) is 0 Å². The molecule has 2 aromatic rings. The number of amides is 1. The Hall–Kier alpha value is -1.74. The van der Waals surface area contributed by atoms with Crippen LogP contribution in [0.15, 0.2) is 41.3 Å². The zero-order chi connectivity index (χ0) is 14.4. The van der Waals surface area contributed by atoms with Crippen molar-refractivity contribution in [3.63, 3.8) is 0 Å². The van der Waals surface area contributed by atoms with E-state index < -0.39 is 0 Å². The Morgan fingerprint density at radius 1 is 1.30 bits per heavy atom. The third kappa shape index (κ3) is 3.87. The lowest BCUT2D eigenvalue weighted by Gasteiger charge is -2.04. The van der Waals surface area contributed by atoms with Gasteiger partial charge in [-0.25, -0.2) is 0 Å². The molecule has 1 amide bonds. The molecule has 3 N–H and O–H groups in total. The van der Waals surface area contributed by atoms with E-state index in [4.69, 9.17) is 5.73 Å². The molecule has 1 aromatic carbocycles. The average molecular weight is 302 g/mol. The van der Waals surface area contributed by atoms with Crippen molar-refractivity contribution >= 4 is 34.7 Å². The van der Waals surface area contributed by atoms with Gasteiger partial charge in [-0.3, -0.25) is 4.79 Å². The SMILES string of the molecule is CSc1ccc(NC(=O)c2ccc(C#CCN)s2)cc1. The molecule has 102 valence electrons. The summed E-state index contributed by atoms with van der Waals surface area (Å²) in [5.74, 6) is 5.57. The zero-order valence-electron chi connectivity index (χ0n) is 11.0. The van der Waals surface area contributed by atoms with E-state index in [2.05, 4.69) is 17.2 Å². The molecule has 1 heterocycles. The van der Waals surface area contributed by atoms with Gasteiger partial charge in [0, 0.05) is 10.6 Å². The molecule has 0 aliphatic heterocycles. The molecule has 0 aliphatic carbocycles. The van der Waals surface area contributed by atoms with Crippen molar-refractivity contribution in [3.05, 3.63) is 46.2 Å². The summed E-state index contributed by atoms with van der Waals surface area (Å²) in [7, 11) is 0. The summed E-state index contributed by atoms with van der Waals surface area (Å²) in [6, 6.07) is 11.4. The van der Waals surface area contributed by atoms with Crippen molar-refractivity contribution in [1.29, 1.82) is 0 Å². The van der Waals surface area contributed by atoms with Crippen LogP contribution in [0.4, 0.5) is 5.69 Å². The van der Waals surface area contributed by atoms with Crippen LogP contribution in [0.5, 0.6) is 0 Å². The van der Waals surface area contributed by atoms with Gasteiger partial charge in [0.25, 0.3) is 5.91 Å². The Kier molecular flexibility index (Phi) is 5.24. The maximum absolute atomic E-state index is 12.1. The van der Waals surface area contributed by atoms with Crippen molar-refractivity contribution < 1.29 is 4.79 Å². The molecule has 5 heteroatoms. The molecule has 0 aliphatic rings. The molecule has 0 saturated heterocycles. The van der Waals surface area contributed by atoms with Gasteiger partial charge in [-0.05, 0) is 42.7 Å². The monoisotopic (exact) mass is 302 g/mol. The van der Waals surface area contributed by atoms with Gasteiger partial charge >= 0.3 is 0 Å². The van der Waals surface area contributed by atoms with E-state index in [0.29, 0.717) is 11.4 Å². The summed E-state index contributed by atoms with van der Waals surface area (Å²) in [6.45, 7) is 0.321. The number of carbonyl (C=O) groups is 1. The minimum atomic E-state index is -0.118. The highest BCUT2D eigenvalue weighted by Gasteiger charge is 2.08. The second-order valence-electron chi connectivity index (χ2n) is 3.85. The summed E-state index contributed by atoms with van der Waals surface area (Å²) < 4.78 is 0. The first-order valence-corrected chi connectivity index (χ1v) is 8.01. The number of nitrogens with two attached hydrogens (primary N) is 1. The molecule has 3 nitrogen and oxygen atoms in total. The minimum absolute atomic E-state index is 0.118. The van der Waals surface area contributed by atoms with Crippen LogP contribution in [0.3, 0.4) is 0 Å². The fraction of sp³-hybridized carbons (Fsp3) is 0.133. The van der Waals surface area contributed by atoms with E-state index in [1.165, 1.54) is 16.2 Å². The van der Waals surface area contributed by atoms with Gasteiger partial charge in [-0.15, -0.1) is 23.1 Å². The minimum Gasteiger partial charge on any atom is -0.321 e. The van der Waals surface area contributed by atoms with Crippen LogP contribution in [-0.4, -0.2) is 18.7 Å². The van der Waals surface area contributed by atoms with Gasteiger partial charge in [-0.2, -0.15) is 0 Å². The van der Waals surface area contributed by atoms with Crippen LogP contribution in [0.25, 0.3) is 0 Å². The number of benzene rings is 1. The highest BCUT2D eigenvalue weighted by molar-refractivity contribution is 7.98.